The van der Waals surface area contributed by atoms with E-state index in [0.717, 1.165) is 32.1 Å². The lowest BCUT2D eigenvalue weighted by atomic mass is 10.0. The van der Waals surface area contributed by atoms with Gasteiger partial charge in [-0.05, 0) is 19.3 Å². The van der Waals surface area contributed by atoms with Crippen molar-refractivity contribution in [3.8, 4) is 0 Å². The summed E-state index contributed by atoms with van der Waals surface area (Å²) in [7, 11) is 0. The van der Waals surface area contributed by atoms with Crippen molar-refractivity contribution >= 4 is 5.91 Å². The van der Waals surface area contributed by atoms with E-state index in [9.17, 15) is 20.1 Å². The van der Waals surface area contributed by atoms with Gasteiger partial charge in [0.25, 0.3) is 0 Å². The van der Waals surface area contributed by atoms with E-state index in [2.05, 4.69) is 19.2 Å². The maximum Gasteiger partial charge on any atom is 0.249 e. The highest BCUT2D eigenvalue weighted by Gasteiger charge is 2.22. The van der Waals surface area contributed by atoms with Crippen LogP contribution in [0, 0.1) is 0 Å². The van der Waals surface area contributed by atoms with Crippen LogP contribution in [0.3, 0.4) is 0 Å². The van der Waals surface area contributed by atoms with E-state index in [1.54, 1.807) is 6.08 Å². The van der Waals surface area contributed by atoms with Crippen LogP contribution in [0.25, 0.3) is 0 Å². The summed E-state index contributed by atoms with van der Waals surface area (Å²) in [4.78, 5) is 12.6. The van der Waals surface area contributed by atoms with Crippen LogP contribution in [0.15, 0.2) is 12.2 Å². The lowest BCUT2D eigenvalue weighted by Crippen LogP contribution is -2.48. The van der Waals surface area contributed by atoms with Gasteiger partial charge in [0.15, 0.2) is 0 Å². The van der Waals surface area contributed by atoms with Crippen LogP contribution in [-0.2, 0) is 4.79 Å². The van der Waals surface area contributed by atoms with Gasteiger partial charge in [-0.25, -0.2) is 0 Å². The van der Waals surface area contributed by atoms with Crippen molar-refractivity contribution in [2.75, 3.05) is 6.61 Å². The Kier molecular flexibility index (Phi) is 55.9. The highest BCUT2D eigenvalue weighted by molar-refractivity contribution is 5.80. The van der Waals surface area contributed by atoms with Gasteiger partial charge in [0.05, 0.1) is 18.8 Å². The molecule has 0 aromatic rings. The van der Waals surface area contributed by atoms with E-state index in [0.29, 0.717) is 6.42 Å². The van der Waals surface area contributed by atoms with E-state index in [4.69, 9.17) is 0 Å². The summed E-state index contributed by atoms with van der Waals surface area (Å²) in [6.45, 7) is 4.23. The SMILES string of the molecule is CCCCCCCCCCCCCCCCCCCCCCCC/C=C/C(O)C(CO)NC(=O)C(O)CCCCCCCCCCCCCCCCCCCCCCCCCCCCCC. The Labute approximate surface area is 414 Å². The van der Waals surface area contributed by atoms with Crippen LogP contribution in [-0.4, -0.2) is 46.1 Å². The van der Waals surface area contributed by atoms with Gasteiger partial charge in [0.2, 0.25) is 5.91 Å². The molecule has 3 atom stereocenters. The quantitative estimate of drug-likeness (QED) is 0.0361. The molecule has 0 bridgehead atoms. The fourth-order valence-electron chi connectivity index (χ4n) is 9.90. The minimum atomic E-state index is -1.09. The summed E-state index contributed by atoms with van der Waals surface area (Å²) in [6, 6.07) is -0.795. The molecular formula is C61H121NO4. The van der Waals surface area contributed by atoms with Crippen molar-refractivity contribution < 1.29 is 20.1 Å². The van der Waals surface area contributed by atoms with Crippen LogP contribution in [0.1, 0.15) is 348 Å². The standard InChI is InChI=1S/C61H121NO4/c1-3-5-7-9-11-13-15-17-19-21-23-25-27-29-30-31-32-34-36-38-40-42-44-46-48-50-52-54-56-60(65)61(66)62-58(57-63)59(64)55-53-51-49-47-45-43-41-39-37-35-33-28-26-24-22-20-18-16-14-12-10-8-6-4-2/h53,55,58-60,63-65H,3-52,54,56-57H2,1-2H3,(H,62,66)/b55-53+. The molecule has 5 heteroatoms. The highest BCUT2D eigenvalue weighted by atomic mass is 16.3. The second-order valence-corrected chi connectivity index (χ2v) is 21.3. The number of rotatable bonds is 57. The number of unbranched alkanes of at least 4 members (excludes halogenated alkanes) is 49. The number of carbonyl (C=O) groups is 1. The van der Waals surface area contributed by atoms with Crippen molar-refractivity contribution in [2.24, 2.45) is 0 Å². The third kappa shape index (κ3) is 51.0. The molecule has 66 heavy (non-hydrogen) atoms. The molecule has 0 aliphatic rings. The molecule has 394 valence electrons. The smallest absolute Gasteiger partial charge is 0.249 e. The third-order valence-corrected chi connectivity index (χ3v) is 14.6. The number of allylic oxidation sites excluding steroid dienone is 1. The van der Waals surface area contributed by atoms with Gasteiger partial charge < -0.3 is 20.6 Å². The van der Waals surface area contributed by atoms with E-state index < -0.39 is 24.2 Å². The molecule has 0 radical (unpaired) electrons. The molecular weight excluding hydrogens is 811 g/mol. The van der Waals surface area contributed by atoms with Gasteiger partial charge in [-0.1, -0.05) is 341 Å². The molecule has 0 aromatic heterocycles. The molecule has 3 unspecified atom stereocenters. The first kappa shape index (κ1) is 65.1. The summed E-state index contributed by atoms with van der Waals surface area (Å²) in [6.07, 6.45) is 71.7. The maximum atomic E-state index is 12.6. The monoisotopic (exact) mass is 932 g/mol. The molecule has 0 saturated heterocycles. The number of aliphatic hydroxyl groups excluding tert-OH is 3. The normalized spacial score (nSPS) is 13.2. The van der Waals surface area contributed by atoms with Gasteiger partial charge in [0.1, 0.15) is 6.10 Å². The van der Waals surface area contributed by atoms with Crippen LogP contribution in [0.5, 0.6) is 0 Å². The number of carbonyl (C=O) groups excluding carboxylic acids is 1. The van der Waals surface area contributed by atoms with Gasteiger partial charge in [0, 0.05) is 0 Å². The Morgan fingerprint density at radius 3 is 0.833 bits per heavy atom. The average Bonchev–Trinajstić information content (AvgIpc) is 3.32. The first-order valence-corrected chi connectivity index (χ1v) is 30.5. The fourth-order valence-corrected chi connectivity index (χ4v) is 9.90. The highest BCUT2D eigenvalue weighted by Crippen LogP contribution is 2.19. The lowest BCUT2D eigenvalue weighted by Gasteiger charge is -2.21. The molecule has 0 spiro atoms. The van der Waals surface area contributed by atoms with Gasteiger partial charge >= 0.3 is 0 Å². The van der Waals surface area contributed by atoms with Crippen molar-refractivity contribution in [2.45, 2.75) is 366 Å². The second-order valence-electron chi connectivity index (χ2n) is 21.3. The summed E-state index contributed by atoms with van der Waals surface area (Å²) in [5, 5.41) is 33.5. The van der Waals surface area contributed by atoms with Crippen LogP contribution < -0.4 is 5.32 Å². The van der Waals surface area contributed by atoms with Gasteiger partial charge in [-0.15, -0.1) is 0 Å². The molecule has 0 heterocycles. The van der Waals surface area contributed by atoms with Gasteiger partial charge in [-0.3, -0.25) is 4.79 Å². The zero-order valence-electron chi connectivity index (χ0n) is 45.1. The topological polar surface area (TPSA) is 89.8 Å². The fraction of sp³-hybridized carbons (Fsp3) is 0.951. The predicted octanol–water partition coefficient (Wildman–Crippen LogP) is 19.1. The van der Waals surface area contributed by atoms with Crippen molar-refractivity contribution in [1.29, 1.82) is 0 Å². The molecule has 0 saturated carbocycles. The Balaban J connectivity index is 3.51. The minimum absolute atomic E-state index is 0.358. The Bertz CT molecular complexity index is 940. The largest absolute Gasteiger partial charge is 0.394 e. The van der Waals surface area contributed by atoms with E-state index >= 15 is 0 Å². The molecule has 0 aromatic carbocycles. The summed E-state index contributed by atoms with van der Waals surface area (Å²) >= 11 is 0. The Morgan fingerprint density at radius 2 is 0.591 bits per heavy atom. The second kappa shape index (κ2) is 56.7. The van der Waals surface area contributed by atoms with Crippen molar-refractivity contribution in [3.05, 3.63) is 12.2 Å². The number of aliphatic hydroxyl groups is 3. The molecule has 5 nitrogen and oxygen atoms in total. The zero-order valence-corrected chi connectivity index (χ0v) is 45.1. The third-order valence-electron chi connectivity index (χ3n) is 14.6. The Hall–Kier alpha value is -0.910. The number of hydrogen-bond acceptors (Lipinski definition) is 4. The van der Waals surface area contributed by atoms with Gasteiger partial charge in [-0.2, -0.15) is 0 Å². The molecule has 1 amide bonds. The minimum Gasteiger partial charge on any atom is -0.394 e. The van der Waals surface area contributed by atoms with E-state index in [-0.39, 0.29) is 6.61 Å². The molecule has 4 N–H and O–H groups in total. The van der Waals surface area contributed by atoms with Crippen LogP contribution in [0.2, 0.25) is 0 Å². The number of amides is 1. The van der Waals surface area contributed by atoms with E-state index in [1.807, 2.05) is 6.08 Å². The molecule has 0 aliphatic heterocycles. The first-order chi connectivity index (χ1) is 32.6. The number of nitrogens with one attached hydrogen (secondary N) is 1. The van der Waals surface area contributed by atoms with Crippen LogP contribution in [0.4, 0.5) is 0 Å². The summed E-state index contributed by atoms with van der Waals surface area (Å²) in [5.74, 6) is -0.494. The Morgan fingerprint density at radius 1 is 0.364 bits per heavy atom. The zero-order chi connectivity index (χ0) is 47.9. The maximum absolute atomic E-state index is 12.6. The average molecular weight is 933 g/mol. The first-order valence-electron chi connectivity index (χ1n) is 30.5. The van der Waals surface area contributed by atoms with Crippen molar-refractivity contribution in [1.82, 2.24) is 5.32 Å². The van der Waals surface area contributed by atoms with Crippen LogP contribution >= 0.6 is 0 Å². The summed E-state index contributed by atoms with van der Waals surface area (Å²) < 4.78 is 0. The summed E-state index contributed by atoms with van der Waals surface area (Å²) in [5.41, 5.74) is 0. The van der Waals surface area contributed by atoms with Crippen molar-refractivity contribution in [3.63, 3.8) is 0 Å². The predicted molar refractivity (Wildman–Crippen MR) is 292 cm³/mol. The molecule has 0 rings (SSSR count). The number of hydrogen-bond donors (Lipinski definition) is 4. The molecule has 0 fully saturated rings. The molecule has 0 aliphatic carbocycles. The lowest BCUT2D eigenvalue weighted by molar-refractivity contribution is -0.131. The van der Waals surface area contributed by atoms with E-state index in [1.165, 1.54) is 295 Å².